The molecule has 0 spiro atoms. The summed E-state index contributed by atoms with van der Waals surface area (Å²) >= 11 is 0. The topological polar surface area (TPSA) is 64.6 Å². The summed E-state index contributed by atoms with van der Waals surface area (Å²) in [5.41, 5.74) is 6.24. The van der Waals surface area contributed by atoms with Crippen LogP contribution in [-0.4, -0.2) is 10.7 Å². The van der Waals surface area contributed by atoms with Crippen molar-refractivity contribution in [2.24, 2.45) is 0 Å². The second-order valence-electron chi connectivity index (χ2n) is 2.93. The Morgan fingerprint density at radius 3 is 2.86 bits per heavy atom. The molecule has 0 aliphatic heterocycles. The van der Waals surface area contributed by atoms with Gasteiger partial charge in [0.05, 0.1) is 11.2 Å². The maximum Gasteiger partial charge on any atom is 0.278 e. The van der Waals surface area contributed by atoms with Crippen LogP contribution in [0.5, 0.6) is 0 Å². The maximum absolute atomic E-state index is 11.5. The highest BCUT2D eigenvalue weighted by Crippen LogP contribution is 2.08. The van der Waals surface area contributed by atoms with Gasteiger partial charge in [0, 0.05) is 11.8 Å². The van der Waals surface area contributed by atoms with Gasteiger partial charge in [-0.15, -0.1) is 0 Å². The number of rotatable bonds is 1. The van der Waals surface area contributed by atoms with Crippen LogP contribution in [0.3, 0.4) is 0 Å². The fourth-order valence-corrected chi connectivity index (χ4v) is 1.39. The first-order chi connectivity index (χ1) is 6.74. The molecule has 0 unspecified atom stereocenters. The summed E-state index contributed by atoms with van der Waals surface area (Å²) < 4.78 is 1.36. The predicted molar refractivity (Wildman–Crippen MR) is 53.5 cm³/mol. The fraction of sp³-hybridized carbons (Fsp3) is 0. The highest BCUT2D eigenvalue weighted by Gasteiger charge is 2.04. The third-order valence-corrected chi connectivity index (χ3v) is 2.06. The standard InChI is InChI=1S/C10H8N2O2/c11-8-5-7(6-13)9-3-1-2-4-12(9)10(8)14/h1-6H,11H2. The molecule has 14 heavy (non-hydrogen) atoms. The third kappa shape index (κ3) is 1.08. The molecule has 0 radical (unpaired) electrons. The minimum absolute atomic E-state index is 0.0794. The Bertz CT molecular complexity index is 558. The molecule has 0 aliphatic carbocycles. The van der Waals surface area contributed by atoms with Crippen molar-refractivity contribution in [2.45, 2.75) is 0 Å². The highest BCUT2D eigenvalue weighted by atomic mass is 16.1. The monoisotopic (exact) mass is 188 g/mol. The molecule has 4 heteroatoms. The van der Waals surface area contributed by atoms with Gasteiger partial charge in [-0.2, -0.15) is 0 Å². The molecule has 0 atom stereocenters. The minimum Gasteiger partial charge on any atom is -0.394 e. The Labute approximate surface area is 79.6 Å². The van der Waals surface area contributed by atoms with E-state index in [1.54, 1.807) is 24.4 Å². The van der Waals surface area contributed by atoms with Crippen molar-refractivity contribution in [3.63, 3.8) is 0 Å². The average Bonchev–Trinajstić information content (AvgIpc) is 2.23. The molecular weight excluding hydrogens is 180 g/mol. The number of hydrogen-bond donors (Lipinski definition) is 1. The molecule has 0 saturated heterocycles. The molecular formula is C10H8N2O2. The summed E-state index contributed by atoms with van der Waals surface area (Å²) in [4.78, 5) is 22.2. The molecule has 70 valence electrons. The van der Waals surface area contributed by atoms with Crippen molar-refractivity contribution in [2.75, 3.05) is 5.73 Å². The van der Waals surface area contributed by atoms with E-state index in [9.17, 15) is 9.59 Å². The van der Waals surface area contributed by atoms with Gasteiger partial charge < -0.3 is 5.73 Å². The molecule has 0 amide bonds. The van der Waals surface area contributed by atoms with Crippen LogP contribution in [0, 0.1) is 0 Å². The summed E-state index contributed by atoms with van der Waals surface area (Å²) in [6.45, 7) is 0. The summed E-state index contributed by atoms with van der Waals surface area (Å²) in [5, 5.41) is 0. The van der Waals surface area contributed by atoms with Crippen LogP contribution in [0.4, 0.5) is 5.69 Å². The Hall–Kier alpha value is -2.10. The summed E-state index contributed by atoms with van der Waals surface area (Å²) in [7, 11) is 0. The zero-order chi connectivity index (χ0) is 10.1. The van der Waals surface area contributed by atoms with Crippen LogP contribution in [0.15, 0.2) is 35.3 Å². The number of aldehydes is 1. The molecule has 0 aromatic carbocycles. The van der Waals surface area contributed by atoms with Gasteiger partial charge in [0.2, 0.25) is 0 Å². The zero-order valence-electron chi connectivity index (χ0n) is 7.31. The van der Waals surface area contributed by atoms with E-state index in [4.69, 9.17) is 5.73 Å². The van der Waals surface area contributed by atoms with Gasteiger partial charge in [-0.3, -0.25) is 14.0 Å². The Balaban J connectivity index is 3.04. The number of pyridine rings is 2. The van der Waals surface area contributed by atoms with Crippen molar-refractivity contribution in [3.8, 4) is 0 Å². The number of fused-ring (bicyclic) bond motifs is 1. The van der Waals surface area contributed by atoms with Gasteiger partial charge in [0.15, 0.2) is 6.29 Å². The van der Waals surface area contributed by atoms with Gasteiger partial charge in [-0.1, -0.05) is 6.07 Å². The van der Waals surface area contributed by atoms with E-state index in [0.717, 1.165) is 0 Å². The number of anilines is 1. The molecule has 0 aliphatic rings. The lowest BCUT2D eigenvalue weighted by atomic mass is 10.2. The average molecular weight is 188 g/mol. The van der Waals surface area contributed by atoms with Crippen molar-refractivity contribution >= 4 is 17.5 Å². The van der Waals surface area contributed by atoms with E-state index >= 15 is 0 Å². The molecule has 2 aromatic heterocycles. The van der Waals surface area contributed by atoms with Gasteiger partial charge in [0.1, 0.15) is 0 Å². The van der Waals surface area contributed by atoms with Crippen LogP contribution >= 0.6 is 0 Å². The first kappa shape index (κ1) is 8.50. The third-order valence-electron chi connectivity index (χ3n) is 2.06. The van der Waals surface area contributed by atoms with Crippen LogP contribution in [0.25, 0.3) is 5.52 Å². The van der Waals surface area contributed by atoms with E-state index in [1.165, 1.54) is 10.5 Å². The normalized spacial score (nSPS) is 10.3. The van der Waals surface area contributed by atoms with Crippen LogP contribution in [0.2, 0.25) is 0 Å². The molecule has 2 N–H and O–H groups in total. The van der Waals surface area contributed by atoms with Crippen molar-refractivity contribution in [1.82, 2.24) is 4.40 Å². The largest absolute Gasteiger partial charge is 0.394 e. The quantitative estimate of drug-likeness (QED) is 0.670. The van der Waals surface area contributed by atoms with Crippen molar-refractivity contribution in [1.29, 1.82) is 0 Å². The lowest BCUT2D eigenvalue weighted by Crippen LogP contribution is -2.18. The Kier molecular flexibility index (Phi) is 1.81. The fourth-order valence-electron chi connectivity index (χ4n) is 1.39. The second-order valence-corrected chi connectivity index (χ2v) is 2.93. The molecule has 2 aromatic rings. The van der Waals surface area contributed by atoms with Gasteiger partial charge in [0.25, 0.3) is 5.56 Å². The Morgan fingerprint density at radius 1 is 1.36 bits per heavy atom. The first-order valence-corrected chi connectivity index (χ1v) is 4.09. The van der Waals surface area contributed by atoms with E-state index in [0.29, 0.717) is 17.4 Å². The van der Waals surface area contributed by atoms with Crippen LogP contribution in [-0.2, 0) is 0 Å². The lowest BCUT2D eigenvalue weighted by molar-refractivity contribution is 0.112. The summed E-state index contributed by atoms with van der Waals surface area (Å²) in [6.07, 6.45) is 2.27. The highest BCUT2D eigenvalue weighted by molar-refractivity contribution is 5.87. The number of nitrogens with two attached hydrogens (primary N) is 1. The minimum atomic E-state index is -0.300. The van der Waals surface area contributed by atoms with Crippen molar-refractivity contribution in [3.05, 3.63) is 46.4 Å². The lowest BCUT2D eigenvalue weighted by Gasteiger charge is -2.03. The first-order valence-electron chi connectivity index (χ1n) is 4.09. The number of hydrogen-bond acceptors (Lipinski definition) is 3. The van der Waals surface area contributed by atoms with Crippen LogP contribution < -0.4 is 11.3 Å². The number of carbonyl (C=O) groups is 1. The van der Waals surface area contributed by atoms with E-state index in [-0.39, 0.29) is 11.2 Å². The smallest absolute Gasteiger partial charge is 0.278 e. The molecule has 2 heterocycles. The number of nitrogen functional groups attached to an aromatic ring is 1. The summed E-state index contributed by atoms with van der Waals surface area (Å²) in [5.74, 6) is 0. The molecule has 4 nitrogen and oxygen atoms in total. The number of carbonyl (C=O) groups excluding carboxylic acids is 1. The predicted octanol–water partition coefficient (Wildman–Crippen LogP) is 0.694. The number of aromatic nitrogens is 1. The molecule has 0 saturated carbocycles. The Morgan fingerprint density at radius 2 is 2.14 bits per heavy atom. The number of nitrogens with zero attached hydrogens (tertiary/aromatic N) is 1. The molecule has 2 rings (SSSR count). The van der Waals surface area contributed by atoms with E-state index < -0.39 is 0 Å². The molecule has 0 bridgehead atoms. The van der Waals surface area contributed by atoms with Crippen LogP contribution in [0.1, 0.15) is 10.4 Å². The summed E-state index contributed by atoms with van der Waals surface area (Å²) in [6, 6.07) is 6.57. The SMILES string of the molecule is Nc1cc(C=O)c2ccccn2c1=O. The van der Waals surface area contributed by atoms with Gasteiger partial charge in [-0.05, 0) is 18.2 Å². The second kappa shape index (κ2) is 2.99. The van der Waals surface area contributed by atoms with Gasteiger partial charge >= 0.3 is 0 Å². The van der Waals surface area contributed by atoms with Crippen molar-refractivity contribution < 1.29 is 4.79 Å². The maximum atomic E-state index is 11.5. The zero-order valence-corrected chi connectivity index (χ0v) is 7.31. The molecule has 0 fully saturated rings. The van der Waals surface area contributed by atoms with E-state index in [2.05, 4.69) is 0 Å². The van der Waals surface area contributed by atoms with E-state index in [1.807, 2.05) is 0 Å². The van der Waals surface area contributed by atoms with Gasteiger partial charge in [-0.25, -0.2) is 0 Å².